The zero-order valence-electron chi connectivity index (χ0n) is 17.0. The Bertz CT molecular complexity index is 1150. The fourth-order valence-electron chi connectivity index (χ4n) is 2.51. The van der Waals surface area contributed by atoms with Crippen molar-refractivity contribution in [3.63, 3.8) is 0 Å². The number of nitrogen functional groups attached to an aromatic ring is 1. The van der Waals surface area contributed by atoms with E-state index in [0.717, 1.165) is 12.1 Å². The van der Waals surface area contributed by atoms with E-state index in [-0.39, 0.29) is 22.9 Å². The van der Waals surface area contributed by atoms with Gasteiger partial charge in [-0.2, -0.15) is 31.0 Å². The molecule has 0 saturated heterocycles. The molecule has 0 fully saturated rings. The van der Waals surface area contributed by atoms with E-state index in [1.165, 1.54) is 29.3 Å². The fraction of sp³-hybridized carbons (Fsp3) is 0.278. The molecule has 1 atom stereocenters. The second-order valence-electron chi connectivity index (χ2n) is 6.66. The predicted octanol–water partition coefficient (Wildman–Crippen LogP) is 1.99. The molecule has 0 aliphatic carbocycles. The van der Waals surface area contributed by atoms with Crippen LogP contribution in [0.2, 0.25) is 0 Å². The number of hydrogen-bond acceptors (Lipinski definition) is 8. The molecule has 2 heterocycles. The Hall–Kier alpha value is -3.79. The Labute approximate surface area is 186 Å². The molecule has 0 bridgehead atoms. The lowest BCUT2D eigenvalue weighted by Gasteiger charge is -2.29. The van der Waals surface area contributed by atoms with Gasteiger partial charge in [0.2, 0.25) is 5.60 Å². The van der Waals surface area contributed by atoms with Crippen molar-refractivity contribution >= 4 is 11.8 Å². The number of hydrogen-bond donors (Lipinski definition) is 4. The molecular weight excluding hydrogens is 478 g/mol. The minimum Gasteiger partial charge on any atom is -0.475 e. The first-order valence-electron chi connectivity index (χ1n) is 8.92. The number of carboxylic acids is 1. The summed E-state index contributed by atoms with van der Waals surface area (Å²) < 4.78 is 72.8. The third-order valence-corrected chi connectivity index (χ3v) is 4.35. The molecule has 0 saturated carbocycles. The SMILES string of the molecule is Cc1ccc(C(O)(CO)C(F)(F)F)cc1-c1cnc(N)c(-n2ccnn2)n1.O=C(O)C(F)(F)F. The number of aryl methyl sites for hydroxylation is 1. The zero-order chi connectivity index (χ0) is 25.9. The molecule has 5 N–H and O–H groups in total. The van der Waals surface area contributed by atoms with Crippen LogP contribution in [0.15, 0.2) is 36.8 Å². The predicted molar refractivity (Wildman–Crippen MR) is 102 cm³/mol. The van der Waals surface area contributed by atoms with Gasteiger partial charge in [-0.25, -0.2) is 14.8 Å². The number of rotatable bonds is 4. The van der Waals surface area contributed by atoms with Gasteiger partial charge in [-0.3, -0.25) is 0 Å². The van der Waals surface area contributed by atoms with Gasteiger partial charge in [0, 0.05) is 5.56 Å². The molecule has 16 heteroatoms. The Morgan fingerprint density at radius 3 is 2.26 bits per heavy atom. The molecule has 3 rings (SSSR count). The van der Waals surface area contributed by atoms with Crippen molar-refractivity contribution in [1.29, 1.82) is 0 Å². The second kappa shape index (κ2) is 9.60. The first-order chi connectivity index (χ1) is 15.6. The minimum atomic E-state index is -5.08. The van der Waals surface area contributed by atoms with Crippen molar-refractivity contribution < 1.29 is 46.5 Å². The number of nitrogens with two attached hydrogens (primary N) is 1. The van der Waals surface area contributed by atoms with Gasteiger partial charge in [-0.1, -0.05) is 17.3 Å². The highest BCUT2D eigenvalue weighted by Crippen LogP contribution is 2.40. The molecule has 0 spiro atoms. The molecule has 0 aliphatic rings. The summed E-state index contributed by atoms with van der Waals surface area (Å²) in [6, 6.07) is 3.61. The lowest BCUT2D eigenvalue weighted by atomic mass is 9.90. The fourth-order valence-corrected chi connectivity index (χ4v) is 2.51. The van der Waals surface area contributed by atoms with Crippen molar-refractivity contribution in [3.05, 3.63) is 47.9 Å². The van der Waals surface area contributed by atoms with Crippen molar-refractivity contribution in [3.8, 4) is 17.1 Å². The van der Waals surface area contributed by atoms with Gasteiger partial charge in [0.1, 0.15) is 0 Å². The maximum atomic E-state index is 13.3. The van der Waals surface area contributed by atoms with Crippen LogP contribution in [0.4, 0.5) is 32.2 Å². The highest BCUT2D eigenvalue weighted by atomic mass is 19.4. The highest BCUT2D eigenvalue weighted by molar-refractivity contribution is 5.73. The number of carbonyl (C=O) groups is 1. The van der Waals surface area contributed by atoms with Gasteiger partial charge in [-0.15, -0.1) is 5.10 Å². The number of alkyl halides is 6. The Balaban J connectivity index is 0.000000509. The smallest absolute Gasteiger partial charge is 0.475 e. The highest BCUT2D eigenvalue weighted by Gasteiger charge is 2.54. The van der Waals surface area contributed by atoms with Gasteiger partial charge >= 0.3 is 18.3 Å². The van der Waals surface area contributed by atoms with Crippen LogP contribution in [-0.2, 0) is 10.4 Å². The van der Waals surface area contributed by atoms with E-state index in [1.807, 2.05) is 0 Å². The van der Waals surface area contributed by atoms with Crippen LogP contribution in [0.3, 0.4) is 0 Å². The maximum absolute atomic E-state index is 13.3. The molecule has 0 amide bonds. The average molecular weight is 494 g/mol. The van der Waals surface area contributed by atoms with Gasteiger partial charge in [0.15, 0.2) is 11.6 Å². The number of aliphatic carboxylic acids is 1. The number of nitrogens with zero attached hydrogens (tertiary/aromatic N) is 5. The van der Waals surface area contributed by atoms with Crippen LogP contribution in [-0.4, -0.2) is 65.2 Å². The van der Waals surface area contributed by atoms with Crippen LogP contribution in [0.1, 0.15) is 11.1 Å². The van der Waals surface area contributed by atoms with Gasteiger partial charge < -0.3 is 21.1 Å². The first-order valence-corrected chi connectivity index (χ1v) is 8.92. The summed E-state index contributed by atoms with van der Waals surface area (Å²) in [6.07, 6.45) is -5.95. The third-order valence-electron chi connectivity index (χ3n) is 4.35. The van der Waals surface area contributed by atoms with E-state index in [2.05, 4.69) is 20.3 Å². The largest absolute Gasteiger partial charge is 0.490 e. The summed E-state index contributed by atoms with van der Waals surface area (Å²) >= 11 is 0. The summed E-state index contributed by atoms with van der Waals surface area (Å²) in [5, 5.41) is 33.7. The molecule has 0 radical (unpaired) electrons. The Morgan fingerprint density at radius 1 is 1.18 bits per heavy atom. The summed E-state index contributed by atoms with van der Waals surface area (Å²) in [5.41, 5.74) is 2.97. The van der Waals surface area contributed by atoms with Crippen LogP contribution in [0, 0.1) is 6.92 Å². The van der Waals surface area contributed by atoms with Crippen molar-refractivity contribution in [2.45, 2.75) is 24.9 Å². The standard InChI is InChI=1S/C16H15F3N6O2.C2HF3O2/c1-9-2-3-10(15(27,8-26)16(17,18)19)6-11(9)12-7-21-13(20)14(23-12)25-5-4-22-24-25;3-2(4,5)1(6)7/h2-7,26-27H,8H2,1H3,(H2,20,21);(H,6,7). The number of aliphatic hydroxyl groups is 2. The molecule has 1 aromatic carbocycles. The van der Waals surface area contributed by atoms with Crippen molar-refractivity contribution in [1.82, 2.24) is 25.0 Å². The lowest BCUT2D eigenvalue weighted by Crippen LogP contribution is -2.45. The Morgan fingerprint density at radius 2 is 1.79 bits per heavy atom. The van der Waals surface area contributed by atoms with E-state index < -0.39 is 36.1 Å². The van der Waals surface area contributed by atoms with E-state index in [4.69, 9.17) is 15.6 Å². The van der Waals surface area contributed by atoms with Gasteiger partial charge in [0.05, 0.1) is 30.9 Å². The maximum Gasteiger partial charge on any atom is 0.490 e. The van der Waals surface area contributed by atoms with E-state index >= 15 is 0 Å². The number of carboxylic acid groups (broad SMARTS) is 1. The second-order valence-corrected chi connectivity index (χ2v) is 6.66. The van der Waals surface area contributed by atoms with Gasteiger partial charge in [0.25, 0.3) is 0 Å². The monoisotopic (exact) mass is 494 g/mol. The number of aromatic nitrogens is 5. The van der Waals surface area contributed by atoms with Crippen molar-refractivity contribution in [2.24, 2.45) is 0 Å². The molecule has 184 valence electrons. The lowest BCUT2D eigenvalue weighted by molar-refractivity contribution is -0.277. The quantitative estimate of drug-likeness (QED) is 0.398. The first kappa shape index (κ1) is 26.5. The molecule has 10 nitrogen and oxygen atoms in total. The average Bonchev–Trinajstić information content (AvgIpc) is 3.27. The molecule has 2 aromatic heterocycles. The number of benzene rings is 1. The van der Waals surface area contributed by atoms with Gasteiger partial charge in [-0.05, 0) is 24.1 Å². The van der Waals surface area contributed by atoms with E-state index in [0.29, 0.717) is 5.56 Å². The summed E-state index contributed by atoms with van der Waals surface area (Å²) in [7, 11) is 0. The zero-order valence-corrected chi connectivity index (χ0v) is 17.0. The number of halogens is 6. The molecule has 3 aromatic rings. The third kappa shape index (κ3) is 5.57. The Kier molecular flexibility index (Phi) is 7.47. The minimum absolute atomic E-state index is 0.0558. The van der Waals surface area contributed by atoms with Crippen LogP contribution < -0.4 is 5.73 Å². The van der Waals surface area contributed by atoms with Crippen LogP contribution >= 0.6 is 0 Å². The molecule has 0 aliphatic heterocycles. The summed E-state index contributed by atoms with van der Waals surface area (Å²) in [5.74, 6) is -2.55. The van der Waals surface area contributed by atoms with Crippen molar-refractivity contribution in [2.75, 3.05) is 12.3 Å². The molecule has 1 unspecified atom stereocenters. The summed E-state index contributed by atoms with van der Waals surface area (Å²) in [6.45, 7) is 0.147. The molecule has 34 heavy (non-hydrogen) atoms. The summed E-state index contributed by atoms with van der Waals surface area (Å²) in [4.78, 5) is 17.2. The number of aliphatic hydroxyl groups excluding tert-OH is 1. The number of anilines is 1. The normalized spacial score (nSPS) is 13.6. The topological polar surface area (TPSA) is 160 Å². The van der Waals surface area contributed by atoms with Crippen LogP contribution in [0.25, 0.3) is 17.1 Å². The van der Waals surface area contributed by atoms with E-state index in [9.17, 15) is 36.6 Å². The van der Waals surface area contributed by atoms with E-state index in [1.54, 1.807) is 6.92 Å². The van der Waals surface area contributed by atoms with Crippen LogP contribution in [0.5, 0.6) is 0 Å². The molecular formula is C18H16F6N6O4.